The first-order valence-corrected chi connectivity index (χ1v) is 8.77. The van der Waals surface area contributed by atoms with Crippen molar-refractivity contribution in [3.05, 3.63) is 42.0 Å². The highest BCUT2D eigenvalue weighted by Crippen LogP contribution is 2.70. The molecule has 2 unspecified atom stereocenters. The van der Waals surface area contributed by atoms with Gasteiger partial charge in [0.1, 0.15) is 5.75 Å². The minimum atomic E-state index is -0.985. The molecule has 25 heavy (non-hydrogen) atoms. The third-order valence-corrected chi connectivity index (χ3v) is 5.83. The van der Waals surface area contributed by atoms with Gasteiger partial charge in [-0.25, -0.2) is 4.89 Å². The van der Waals surface area contributed by atoms with Gasteiger partial charge >= 0.3 is 0 Å². The van der Waals surface area contributed by atoms with E-state index in [4.69, 9.17) is 19.2 Å². The van der Waals surface area contributed by atoms with Crippen LogP contribution < -0.4 is 4.74 Å². The van der Waals surface area contributed by atoms with Crippen molar-refractivity contribution < 1.29 is 19.2 Å². The molecule has 2 aliphatic rings. The Hall–Kier alpha value is -1.62. The van der Waals surface area contributed by atoms with E-state index in [1.165, 1.54) is 0 Å². The zero-order valence-electron chi connectivity index (χ0n) is 15.8. The minimum Gasteiger partial charge on any atom is -0.496 e. The molecule has 4 nitrogen and oxygen atoms in total. The Morgan fingerprint density at radius 3 is 2.32 bits per heavy atom. The Kier molecular flexibility index (Phi) is 3.34. The van der Waals surface area contributed by atoms with Crippen molar-refractivity contribution in [3.63, 3.8) is 0 Å². The number of hydrogen-bond donors (Lipinski definition) is 0. The molecular weight excluding hydrogens is 316 g/mol. The van der Waals surface area contributed by atoms with E-state index in [1.54, 1.807) is 7.11 Å². The fourth-order valence-corrected chi connectivity index (χ4v) is 4.95. The van der Waals surface area contributed by atoms with Crippen molar-refractivity contribution in [1.82, 2.24) is 0 Å². The Bertz CT molecular complexity index is 835. The average molecular weight is 342 g/mol. The first-order chi connectivity index (χ1) is 11.7. The smallest absolute Gasteiger partial charge is 0.265 e. The predicted octanol–water partition coefficient (Wildman–Crippen LogP) is 4.80. The van der Waals surface area contributed by atoms with E-state index < -0.39 is 11.4 Å². The average Bonchev–Trinajstić information content (AvgIpc) is 2.68. The number of fused-ring (bicyclic) bond motifs is 2. The lowest BCUT2D eigenvalue weighted by atomic mass is 9.57. The molecule has 2 saturated heterocycles. The molecule has 2 heterocycles. The molecule has 134 valence electrons. The van der Waals surface area contributed by atoms with Gasteiger partial charge in [0.15, 0.2) is 5.60 Å². The van der Waals surface area contributed by atoms with Crippen LogP contribution in [0.25, 0.3) is 10.8 Å². The number of hydrogen-bond acceptors (Lipinski definition) is 4. The predicted molar refractivity (Wildman–Crippen MR) is 96.3 cm³/mol. The fourth-order valence-electron chi connectivity index (χ4n) is 4.95. The van der Waals surface area contributed by atoms with Gasteiger partial charge < -0.3 is 9.47 Å². The van der Waals surface area contributed by atoms with Crippen molar-refractivity contribution >= 4 is 10.8 Å². The summed E-state index contributed by atoms with van der Waals surface area (Å²) in [6, 6.07) is 12.3. The van der Waals surface area contributed by atoms with E-state index in [9.17, 15) is 0 Å². The van der Waals surface area contributed by atoms with Gasteiger partial charge in [0.2, 0.25) is 0 Å². The second kappa shape index (κ2) is 4.97. The molecule has 2 aromatic rings. The van der Waals surface area contributed by atoms with Crippen molar-refractivity contribution in [2.45, 2.75) is 46.0 Å². The van der Waals surface area contributed by atoms with Crippen LogP contribution in [0.15, 0.2) is 36.4 Å². The van der Waals surface area contributed by atoms with Crippen molar-refractivity contribution in [2.75, 3.05) is 13.7 Å². The SMILES string of the molecule is COc1ccc2ccccc2c1C12OCC(C)(C)C1(C(C)(C)C)OO2. The maximum absolute atomic E-state index is 6.39. The van der Waals surface area contributed by atoms with Gasteiger partial charge in [-0.2, -0.15) is 4.89 Å². The second-order valence-electron chi connectivity index (χ2n) is 8.75. The zero-order valence-corrected chi connectivity index (χ0v) is 15.8. The van der Waals surface area contributed by atoms with E-state index in [1.807, 2.05) is 18.2 Å². The van der Waals surface area contributed by atoms with Crippen LogP contribution in [0.3, 0.4) is 0 Å². The largest absolute Gasteiger partial charge is 0.496 e. The maximum atomic E-state index is 6.39. The molecule has 4 rings (SSSR count). The molecular formula is C21H26O4. The number of benzene rings is 2. The highest BCUT2D eigenvalue weighted by molar-refractivity contribution is 5.89. The summed E-state index contributed by atoms with van der Waals surface area (Å²) in [5.74, 6) is -0.227. The topological polar surface area (TPSA) is 36.9 Å². The van der Waals surface area contributed by atoms with Crippen LogP contribution in [-0.2, 0) is 20.3 Å². The van der Waals surface area contributed by atoms with E-state index in [0.717, 1.165) is 22.1 Å². The zero-order chi connectivity index (χ0) is 18.1. The minimum absolute atomic E-state index is 0.201. The molecule has 0 N–H and O–H groups in total. The summed E-state index contributed by atoms with van der Waals surface area (Å²) in [6.45, 7) is 11.5. The Morgan fingerprint density at radius 1 is 1.00 bits per heavy atom. The molecule has 0 amide bonds. The lowest BCUT2D eigenvalue weighted by Crippen LogP contribution is -2.73. The molecule has 0 radical (unpaired) electrons. The Morgan fingerprint density at radius 2 is 1.72 bits per heavy atom. The van der Waals surface area contributed by atoms with E-state index in [-0.39, 0.29) is 10.8 Å². The molecule has 0 saturated carbocycles. The second-order valence-corrected chi connectivity index (χ2v) is 8.75. The summed E-state index contributed by atoms with van der Waals surface area (Å²) in [6.07, 6.45) is 0. The molecule has 0 aliphatic carbocycles. The molecule has 0 aromatic heterocycles. The van der Waals surface area contributed by atoms with Gasteiger partial charge in [0.05, 0.1) is 19.3 Å². The Balaban J connectivity index is 2.07. The number of methoxy groups -OCH3 is 1. The van der Waals surface area contributed by atoms with Crippen LogP contribution >= 0.6 is 0 Å². The van der Waals surface area contributed by atoms with E-state index in [2.05, 4.69) is 52.8 Å². The Labute approximate surface area is 148 Å². The quantitative estimate of drug-likeness (QED) is 0.734. The van der Waals surface area contributed by atoms with Gasteiger partial charge in [-0.3, -0.25) is 0 Å². The molecule has 2 aliphatic heterocycles. The van der Waals surface area contributed by atoms with Gasteiger partial charge in [-0.15, -0.1) is 0 Å². The number of ether oxygens (including phenoxy) is 2. The van der Waals surface area contributed by atoms with E-state index >= 15 is 0 Å². The first kappa shape index (κ1) is 16.8. The monoisotopic (exact) mass is 342 g/mol. The molecule has 2 aromatic carbocycles. The summed E-state index contributed by atoms with van der Waals surface area (Å²) in [4.78, 5) is 11.8. The molecule has 0 bridgehead atoms. The molecule has 2 fully saturated rings. The van der Waals surface area contributed by atoms with Crippen LogP contribution in [0.4, 0.5) is 0 Å². The summed E-state index contributed by atoms with van der Waals surface area (Å²) < 4.78 is 12.1. The lowest BCUT2D eigenvalue weighted by molar-refractivity contribution is -0.626. The van der Waals surface area contributed by atoms with Gasteiger partial charge in [0, 0.05) is 10.8 Å². The van der Waals surface area contributed by atoms with Gasteiger partial charge in [-0.05, 0) is 16.8 Å². The molecule has 4 heteroatoms. The van der Waals surface area contributed by atoms with Crippen molar-refractivity contribution in [1.29, 1.82) is 0 Å². The first-order valence-electron chi connectivity index (χ1n) is 8.77. The highest BCUT2D eigenvalue weighted by Gasteiger charge is 2.82. The van der Waals surface area contributed by atoms with Crippen molar-refractivity contribution in [3.8, 4) is 5.75 Å². The van der Waals surface area contributed by atoms with E-state index in [0.29, 0.717) is 6.61 Å². The summed E-state index contributed by atoms with van der Waals surface area (Å²) in [5.41, 5.74) is -0.122. The lowest BCUT2D eigenvalue weighted by Gasteiger charge is -2.61. The van der Waals surface area contributed by atoms with Crippen LogP contribution in [0.5, 0.6) is 5.75 Å². The van der Waals surface area contributed by atoms with Crippen molar-refractivity contribution in [2.24, 2.45) is 10.8 Å². The molecule has 2 atom stereocenters. The third-order valence-electron chi connectivity index (χ3n) is 5.83. The van der Waals surface area contributed by atoms with Crippen LogP contribution in [0, 0.1) is 10.8 Å². The maximum Gasteiger partial charge on any atom is 0.265 e. The van der Waals surface area contributed by atoms with Gasteiger partial charge in [0.25, 0.3) is 5.79 Å². The van der Waals surface area contributed by atoms with Crippen LogP contribution in [0.1, 0.15) is 40.2 Å². The third kappa shape index (κ3) is 1.82. The standard InChI is InChI=1S/C21H26O4/c1-18(2,3)21-19(4,5)13-23-20(21,24-25-21)17-15-10-8-7-9-14(15)11-12-16(17)22-6/h7-12H,13H2,1-6H3. The van der Waals surface area contributed by atoms with Crippen LogP contribution in [-0.4, -0.2) is 19.3 Å². The summed E-state index contributed by atoms with van der Waals surface area (Å²) in [5, 5.41) is 2.19. The fraction of sp³-hybridized carbons (Fsp3) is 0.524. The van der Waals surface area contributed by atoms with Gasteiger partial charge in [-0.1, -0.05) is 65.0 Å². The number of rotatable bonds is 2. The summed E-state index contributed by atoms with van der Waals surface area (Å²) >= 11 is 0. The molecule has 0 spiro atoms. The normalized spacial score (nSPS) is 30.8. The summed E-state index contributed by atoms with van der Waals surface area (Å²) in [7, 11) is 1.68. The highest BCUT2D eigenvalue weighted by atomic mass is 17.3. The van der Waals surface area contributed by atoms with Crippen LogP contribution in [0.2, 0.25) is 0 Å².